The summed E-state index contributed by atoms with van der Waals surface area (Å²) in [6.45, 7) is 3.94. The molecule has 0 unspecified atom stereocenters. The molecule has 16 heavy (non-hydrogen) atoms. The van der Waals surface area contributed by atoms with Crippen LogP contribution in [0.15, 0.2) is 0 Å². The van der Waals surface area contributed by atoms with E-state index in [2.05, 4.69) is 16.9 Å². The van der Waals surface area contributed by atoms with E-state index in [1.165, 1.54) is 19.3 Å². The number of halogens is 1. The van der Waals surface area contributed by atoms with E-state index in [4.69, 9.17) is 11.6 Å². The van der Waals surface area contributed by atoms with Gasteiger partial charge in [0.15, 0.2) is 0 Å². The van der Waals surface area contributed by atoms with Crippen molar-refractivity contribution in [1.29, 1.82) is 0 Å². The lowest BCUT2D eigenvalue weighted by Crippen LogP contribution is -2.01. The zero-order valence-electron chi connectivity index (χ0n) is 9.96. The number of rotatable bonds is 6. The molecule has 0 aliphatic rings. The largest absolute Gasteiger partial charge is 0.493 e. The summed E-state index contributed by atoms with van der Waals surface area (Å²) < 4.78 is 0. The van der Waals surface area contributed by atoms with Gasteiger partial charge in [0, 0.05) is 5.56 Å². The van der Waals surface area contributed by atoms with E-state index in [0.717, 1.165) is 24.1 Å². The number of aromatic hydroxyl groups is 1. The summed E-state index contributed by atoms with van der Waals surface area (Å²) in [4.78, 5) is 8.22. The van der Waals surface area contributed by atoms with Crippen LogP contribution in [0.4, 0.5) is 0 Å². The number of hydrogen-bond acceptors (Lipinski definition) is 3. The van der Waals surface area contributed by atoms with Crippen LogP contribution in [0.1, 0.15) is 49.7 Å². The summed E-state index contributed by atoms with van der Waals surface area (Å²) in [5, 5.41) is 9.75. The van der Waals surface area contributed by atoms with Crippen molar-refractivity contribution in [2.75, 3.05) is 0 Å². The van der Waals surface area contributed by atoms with Gasteiger partial charge in [-0.3, -0.25) is 0 Å². The van der Waals surface area contributed by atoms with E-state index in [0.29, 0.717) is 11.7 Å². The van der Waals surface area contributed by atoms with Crippen LogP contribution in [0, 0.1) is 6.92 Å². The van der Waals surface area contributed by atoms with Crippen LogP contribution in [0.2, 0.25) is 0 Å². The number of nitrogens with zero attached hydrogens (tertiary/aromatic N) is 2. The molecule has 0 radical (unpaired) electrons. The molecule has 1 N–H and O–H groups in total. The molecule has 1 aromatic rings. The lowest BCUT2D eigenvalue weighted by Gasteiger charge is -2.08. The molecule has 4 heteroatoms. The van der Waals surface area contributed by atoms with Crippen LogP contribution in [0.5, 0.6) is 5.88 Å². The van der Waals surface area contributed by atoms with Gasteiger partial charge in [-0.05, 0) is 19.8 Å². The van der Waals surface area contributed by atoms with Gasteiger partial charge in [0.25, 0.3) is 0 Å². The van der Waals surface area contributed by atoms with Crippen LogP contribution in [-0.4, -0.2) is 15.1 Å². The molecule has 0 saturated heterocycles. The summed E-state index contributed by atoms with van der Waals surface area (Å²) in [5.74, 6) is 1.00. The molecule has 1 rings (SSSR count). The van der Waals surface area contributed by atoms with E-state index in [1.54, 1.807) is 6.92 Å². The molecule has 0 amide bonds. The lowest BCUT2D eigenvalue weighted by molar-refractivity contribution is 0.439. The SMILES string of the molecule is CCCCCCc1c(O)nc(C)nc1CCl. The fourth-order valence-corrected chi connectivity index (χ4v) is 1.95. The van der Waals surface area contributed by atoms with Crippen molar-refractivity contribution in [1.82, 2.24) is 9.97 Å². The Hall–Kier alpha value is -0.830. The van der Waals surface area contributed by atoms with Gasteiger partial charge in [-0.25, -0.2) is 4.98 Å². The van der Waals surface area contributed by atoms with E-state index in [-0.39, 0.29) is 5.88 Å². The van der Waals surface area contributed by atoms with Gasteiger partial charge in [-0.2, -0.15) is 4.98 Å². The molecule has 3 nitrogen and oxygen atoms in total. The second kappa shape index (κ2) is 6.69. The molecule has 0 spiro atoms. The zero-order chi connectivity index (χ0) is 12.0. The maximum absolute atomic E-state index is 9.75. The Balaban J connectivity index is 2.70. The molecule has 0 aromatic carbocycles. The fraction of sp³-hybridized carbons (Fsp3) is 0.667. The Kier molecular flexibility index (Phi) is 5.53. The average Bonchev–Trinajstić information content (AvgIpc) is 2.26. The molecule has 90 valence electrons. The molecule has 0 saturated carbocycles. The number of aryl methyl sites for hydroxylation is 1. The smallest absolute Gasteiger partial charge is 0.217 e. The first-order valence-corrected chi connectivity index (χ1v) is 6.33. The highest BCUT2D eigenvalue weighted by atomic mass is 35.5. The summed E-state index contributed by atoms with van der Waals surface area (Å²) >= 11 is 5.81. The average molecular weight is 243 g/mol. The summed E-state index contributed by atoms with van der Waals surface area (Å²) in [6.07, 6.45) is 5.47. The minimum atomic E-state index is 0.0969. The predicted octanol–water partition coefficient (Wildman–Crippen LogP) is 3.35. The number of alkyl halides is 1. The number of unbranched alkanes of at least 4 members (excludes halogenated alkanes) is 3. The van der Waals surface area contributed by atoms with E-state index in [1.807, 2.05) is 0 Å². The monoisotopic (exact) mass is 242 g/mol. The first-order chi connectivity index (χ1) is 7.69. The highest BCUT2D eigenvalue weighted by molar-refractivity contribution is 6.17. The summed E-state index contributed by atoms with van der Waals surface area (Å²) in [5.41, 5.74) is 1.58. The predicted molar refractivity (Wildman–Crippen MR) is 65.8 cm³/mol. The zero-order valence-corrected chi connectivity index (χ0v) is 10.7. The van der Waals surface area contributed by atoms with Gasteiger partial charge in [-0.1, -0.05) is 26.2 Å². The van der Waals surface area contributed by atoms with Crippen LogP contribution in [0.3, 0.4) is 0 Å². The Morgan fingerprint density at radius 2 is 1.94 bits per heavy atom. The highest BCUT2D eigenvalue weighted by Crippen LogP contribution is 2.21. The molecular weight excluding hydrogens is 224 g/mol. The fourth-order valence-electron chi connectivity index (χ4n) is 1.73. The van der Waals surface area contributed by atoms with Gasteiger partial charge >= 0.3 is 0 Å². The maximum atomic E-state index is 9.75. The van der Waals surface area contributed by atoms with Gasteiger partial charge in [0.1, 0.15) is 5.82 Å². The molecule has 0 atom stereocenters. The van der Waals surface area contributed by atoms with E-state index >= 15 is 0 Å². The topological polar surface area (TPSA) is 46.0 Å². The molecule has 0 fully saturated rings. The van der Waals surface area contributed by atoms with Crippen molar-refractivity contribution < 1.29 is 5.11 Å². The van der Waals surface area contributed by atoms with Crippen LogP contribution < -0.4 is 0 Å². The normalized spacial score (nSPS) is 10.7. The number of aromatic nitrogens is 2. The Labute approximate surface area is 102 Å². The van der Waals surface area contributed by atoms with E-state index < -0.39 is 0 Å². The van der Waals surface area contributed by atoms with E-state index in [9.17, 15) is 5.11 Å². The van der Waals surface area contributed by atoms with Gasteiger partial charge < -0.3 is 5.11 Å². The van der Waals surface area contributed by atoms with Gasteiger partial charge in [-0.15, -0.1) is 11.6 Å². The molecule has 0 aliphatic heterocycles. The van der Waals surface area contributed by atoms with Crippen LogP contribution >= 0.6 is 11.6 Å². The van der Waals surface area contributed by atoms with Crippen molar-refractivity contribution in [2.24, 2.45) is 0 Å². The molecule has 0 bridgehead atoms. The van der Waals surface area contributed by atoms with Crippen molar-refractivity contribution in [3.8, 4) is 5.88 Å². The third-order valence-electron chi connectivity index (χ3n) is 2.59. The number of hydrogen-bond donors (Lipinski definition) is 1. The quantitative estimate of drug-likeness (QED) is 0.615. The van der Waals surface area contributed by atoms with Crippen molar-refractivity contribution in [2.45, 2.75) is 51.8 Å². The van der Waals surface area contributed by atoms with Crippen molar-refractivity contribution in [3.05, 3.63) is 17.1 Å². The first kappa shape index (κ1) is 13.2. The lowest BCUT2D eigenvalue weighted by atomic mass is 10.1. The minimum absolute atomic E-state index is 0.0969. The van der Waals surface area contributed by atoms with Gasteiger partial charge in [0.05, 0.1) is 11.6 Å². The van der Waals surface area contributed by atoms with Crippen LogP contribution in [0.25, 0.3) is 0 Å². The Morgan fingerprint density at radius 3 is 2.56 bits per heavy atom. The van der Waals surface area contributed by atoms with Crippen molar-refractivity contribution >= 4 is 11.6 Å². The minimum Gasteiger partial charge on any atom is -0.493 e. The molecule has 0 aliphatic carbocycles. The second-order valence-corrected chi connectivity index (χ2v) is 4.23. The van der Waals surface area contributed by atoms with Crippen molar-refractivity contribution in [3.63, 3.8) is 0 Å². The second-order valence-electron chi connectivity index (χ2n) is 3.96. The highest BCUT2D eigenvalue weighted by Gasteiger charge is 2.11. The molecular formula is C12H19ClN2O. The maximum Gasteiger partial charge on any atom is 0.217 e. The standard InChI is InChI=1S/C12H19ClN2O/c1-3-4-5-6-7-10-11(8-13)14-9(2)15-12(10)16/h3-8H2,1-2H3,(H,14,15,16). The van der Waals surface area contributed by atoms with Crippen LogP contribution in [-0.2, 0) is 12.3 Å². The molecule has 1 heterocycles. The van der Waals surface area contributed by atoms with Gasteiger partial charge in [0.2, 0.25) is 5.88 Å². The summed E-state index contributed by atoms with van der Waals surface area (Å²) in [6, 6.07) is 0. The summed E-state index contributed by atoms with van der Waals surface area (Å²) in [7, 11) is 0. The Morgan fingerprint density at radius 1 is 1.19 bits per heavy atom. The first-order valence-electron chi connectivity index (χ1n) is 5.80. The third kappa shape index (κ3) is 3.63. The third-order valence-corrected chi connectivity index (χ3v) is 2.84. The molecule has 1 aromatic heterocycles. The Bertz CT molecular complexity index is 342.